The highest BCUT2D eigenvalue weighted by Gasteiger charge is 2.23. The summed E-state index contributed by atoms with van der Waals surface area (Å²) in [6.45, 7) is -0.0167. The number of carbonyl (C=O) groups excluding carboxylic acids is 1. The number of rotatable bonds is 7. The molecule has 0 saturated heterocycles. The highest BCUT2D eigenvalue weighted by atomic mass is 32.2. The Morgan fingerprint density at radius 1 is 1.45 bits per heavy atom. The smallest absolute Gasteiger partial charge is 0.320 e. The van der Waals surface area contributed by atoms with Gasteiger partial charge >= 0.3 is 5.97 Å². The minimum absolute atomic E-state index is 0.0167. The summed E-state index contributed by atoms with van der Waals surface area (Å²) in [7, 11) is -3.96. The molecule has 1 heterocycles. The molecule has 9 nitrogen and oxygen atoms in total. The van der Waals surface area contributed by atoms with Crippen molar-refractivity contribution >= 4 is 27.6 Å². The fourth-order valence-corrected chi connectivity index (χ4v) is 2.39. The third kappa shape index (κ3) is 4.53. The van der Waals surface area contributed by atoms with E-state index in [0.29, 0.717) is 0 Å². The van der Waals surface area contributed by atoms with Crippen molar-refractivity contribution in [3.63, 3.8) is 0 Å². The molecular weight excluding hydrogens is 288 g/mol. The van der Waals surface area contributed by atoms with Gasteiger partial charge in [0.2, 0.25) is 15.9 Å². The van der Waals surface area contributed by atoms with Gasteiger partial charge in [-0.2, -0.15) is 5.10 Å². The maximum Gasteiger partial charge on any atom is 0.320 e. The molecule has 1 aliphatic carbocycles. The van der Waals surface area contributed by atoms with Gasteiger partial charge < -0.3 is 10.4 Å². The van der Waals surface area contributed by atoms with Crippen LogP contribution in [0.4, 0.5) is 5.69 Å². The summed E-state index contributed by atoms with van der Waals surface area (Å²) in [4.78, 5) is 21.9. The Labute approximate surface area is 115 Å². The maximum absolute atomic E-state index is 11.5. The maximum atomic E-state index is 11.5. The van der Waals surface area contributed by atoms with Crippen molar-refractivity contribution in [1.82, 2.24) is 15.1 Å². The van der Waals surface area contributed by atoms with Gasteiger partial charge in [0, 0.05) is 12.2 Å². The average molecular weight is 302 g/mol. The van der Waals surface area contributed by atoms with Crippen molar-refractivity contribution in [2.24, 2.45) is 0 Å². The predicted octanol–water partition coefficient (Wildman–Crippen LogP) is -1.01. The van der Waals surface area contributed by atoms with Gasteiger partial charge in [-0.1, -0.05) is 0 Å². The van der Waals surface area contributed by atoms with E-state index in [-0.39, 0.29) is 24.2 Å². The van der Waals surface area contributed by atoms with Crippen LogP contribution in [-0.2, 0) is 26.2 Å². The number of amides is 1. The lowest BCUT2D eigenvalue weighted by Crippen LogP contribution is -2.29. The number of hydrogen-bond acceptors (Lipinski definition) is 5. The zero-order chi connectivity index (χ0) is 14.8. The number of carbonyl (C=O) groups is 2. The SMILES string of the molecule is O=C(O)CS(=O)(=O)Nc1cnn(CC(=O)NC2CC2)c1. The van der Waals surface area contributed by atoms with Gasteiger partial charge in [0.25, 0.3) is 0 Å². The Kier molecular flexibility index (Phi) is 3.93. The van der Waals surface area contributed by atoms with Crippen LogP contribution in [0.2, 0.25) is 0 Å². The molecule has 10 heteroatoms. The van der Waals surface area contributed by atoms with E-state index in [1.54, 1.807) is 0 Å². The van der Waals surface area contributed by atoms with Crippen molar-refractivity contribution in [2.75, 3.05) is 10.5 Å². The highest BCUT2D eigenvalue weighted by molar-refractivity contribution is 7.93. The molecule has 0 radical (unpaired) electrons. The number of aromatic nitrogens is 2. The number of carboxylic acids is 1. The van der Waals surface area contributed by atoms with Crippen LogP contribution in [0.3, 0.4) is 0 Å². The summed E-state index contributed by atoms with van der Waals surface area (Å²) in [5.41, 5.74) is 0.116. The van der Waals surface area contributed by atoms with Crippen LogP contribution in [-0.4, -0.2) is 47.0 Å². The van der Waals surface area contributed by atoms with E-state index in [9.17, 15) is 18.0 Å². The van der Waals surface area contributed by atoms with Gasteiger partial charge in [-0.25, -0.2) is 8.42 Å². The number of anilines is 1. The van der Waals surface area contributed by atoms with Crippen molar-refractivity contribution < 1.29 is 23.1 Å². The second-order valence-corrected chi connectivity index (χ2v) is 6.25. The second-order valence-electron chi connectivity index (χ2n) is 4.52. The monoisotopic (exact) mass is 302 g/mol. The van der Waals surface area contributed by atoms with Gasteiger partial charge in [0.15, 0.2) is 5.75 Å². The van der Waals surface area contributed by atoms with E-state index >= 15 is 0 Å². The van der Waals surface area contributed by atoms with E-state index in [1.807, 2.05) is 0 Å². The van der Waals surface area contributed by atoms with Gasteiger partial charge in [-0.05, 0) is 12.8 Å². The molecule has 0 aliphatic heterocycles. The zero-order valence-corrected chi connectivity index (χ0v) is 11.3. The molecule has 1 aromatic rings. The Bertz CT molecular complexity index is 619. The molecule has 3 N–H and O–H groups in total. The molecule has 110 valence electrons. The van der Waals surface area contributed by atoms with Crippen LogP contribution in [0.5, 0.6) is 0 Å². The number of sulfonamides is 1. The number of aliphatic carboxylic acids is 1. The topological polar surface area (TPSA) is 130 Å². The third-order valence-corrected chi connectivity index (χ3v) is 3.64. The summed E-state index contributed by atoms with van der Waals surface area (Å²) in [5.74, 6) is -2.68. The molecule has 1 saturated carbocycles. The summed E-state index contributed by atoms with van der Waals surface area (Å²) in [5, 5.41) is 15.0. The van der Waals surface area contributed by atoms with Crippen molar-refractivity contribution in [1.29, 1.82) is 0 Å². The lowest BCUT2D eigenvalue weighted by atomic mass is 10.5. The lowest BCUT2D eigenvalue weighted by molar-refractivity contribution is -0.134. The Morgan fingerprint density at radius 3 is 2.75 bits per heavy atom. The summed E-state index contributed by atoms with van der Waals surface area (Å²) >= 11 is 0. The first-order valence-electron chi connectivity index (χ1n) is 5.88. The van der Waals surface area contributed by atoms with Gasteiger partial charge in [-0.15, -0.1) is 0 Å². The first kappa shape index (κ1) is 14.3. The molecule has 0 aromatic carbocycles. The largest absolute Gasteiger partial charge is 0.480 e. The van der Waals surface area contributed by atoms with Crippen LogP contribution in [0.1, 0.15) is 12.8 Å². The minimum atomic E-state index is -3.96. The van der Waals surface area contributed by atoms with E-state index in [4.69, 9.17) is 5.11 Å². The fourth-order valence-electron chi connectivity index (χ4n) is 1.53. The first-order chi connectivity index (χ1) is 9.34. The van der Waals surface area contributed by atoms with Crippen LogP contribution in [0, 0.1) is 0 Å². The zero-order valence-electron chi connectivity index (χ0n) is 10.4. The van der Waals surface area contributed by atoms with Crippen LogP contribution < -0.4 is 10.0 Å². The molecule has 0 unspecified atom stereocenters. The minimum Gasteiger partial charge on any atom is -0.480 e. The molecule has 1 amide bonds. The van der Waals surface area contributed by atoms with Crippen molar-refractivity contribution in [3.05, 3.63) is 12.4 Å². The molecular formula is C10H14N4O5S. The normalized spacial score (nSPS) is 14.8. The van der Waals surface area contributed by atoms with Crippen molar-refractivity contribution in [2.45, 2.75) is 25.4 Å². The molecule has 0 atom stereocenters. The Morgan fingerprint density at radius 2 is 2.15 bits per heavy atom. The first-order valence-corrected chi connectivity index (χ1v) is 7.53. The average Bonchev–Trinajstić information content (AvgIpc) is 2.97. The van der Waals surface area contributed by atoms with E-state index in [1.165, 1.54) is 17.1 Å². The number of hydrogen-bond donors (Lipinski definition) is 3. The number of nitrogens with zero attached hydrogens (tertiary/aromatic N) is 2. The van der Waals surface area contributed by atoms with Crippen LogP contribution >= 0.6 is 0 Å². The lowest BCUT2D eigenvalue weighted by Gasteiger charge is -2.03. The highest BCUT2D eigenvalue weighted by Crippen LogP contribution is 2.18. The third-order valence-electron chi connectivity index (χ3n) is 2.47. The quantitative estimate of drug-likeness (QED) is 0.591. The van der Waals surface area contributed by atoms with E-state index in [2.05, 4.69) is 15.1 Å². The predicted molar refractivity (Wildman–Crippen MR) is 68.4 cm³/mol. The number of carboxylic acid groups (broad SMARTS) is 1. The molecule has 2 rings (SSSR count). The number of nitrogens with one attached hydrogen (secondary N) is 2. The molecule has 1 fully saturated rings. The summed E-state index contributed by atoms with van der Waals surface area (Å²) < 4.78 is 26.1. The second kappa shape index (κ2) is 5.49. The molecule has 0 bridgehead atoms. The fraction of sp³-hybridized carbons (Fsp3) is 0.500. The van der Waals surface area contributed by atoms with Crippen LogP contribution in [0.15, 0.2) is 12.4 Å². The standard InChI is InChI=1S/C10H14N4O5S/c15-9(12-7-1-2-7)5-14-4-8(3-11-14)13-20(18,19)6-10(16)17/h3-4,7,13H,1-2,5-6H2,(H,12,15)(H,16,17). The molecule has 1 aliphatic rings. The van der Waals surface area contributed by atoms with Gasteiger partial charge in [-0.3, -0.25) is 19.0 Å². The Hall–Kier alpha value is -2.10. The molecule has 20 heavy (non-hydrogen) atoms. The molecule has 1 aromatic heterocycles. The van der Waals surface area contributed by atoms with Crippen LogP contribution in [0.25, 0.3) is 0 Å². The summed E-state index contributed by atoms with van der Waals surface area (Å²) in [6.07, 6.45) is 4.49. The molecule has 0 spiro atoms. The summed E-state index contributed by atoms with van der Waals surface area (Å²) in [6, 6.07) is 0.242. The van der Waals surface area contributed by atoms with E-state index in [0.717, 1.165) is 12.8 Å². The van der Waals surface area contributed by atoms with Crippen molar-refractivity contribution in [3.8, 4) is 0 Å². The van der Waals surface area contributed by atoms with Gasteiger partial charge in [0.05, 0.1) is 11.9 Å². The van der Waals surface area contributed by atoms with E-state index < -0.39 is 21.7 Å². The van der Waals surface area contributed by atoms with Gasteiger partial charge in [0.1, 0.15) is 6.54 Å². The Balaban J connectivity index is 1.91.